The standard InChI is InChI=1S/C15H17FN2O/c1-17-10-13-4-5-15(14(16)9-13)19-8-6-12-3-2-7-18-11-12/h2-5,7,9,11,17H,6,8,10H2,1H3. The summed E-state index contributed by atoms with van der Waals surface area (Å²) in [7, 11) is 1.83. The molecule has 1 aromatic heterocycles. The minimum absolute atomic E-state index is 0.295. The summed E-state index contributed by atoms with van der Waals surface area (Å²) in [5, 5.41) is 2.98. The highest BCUT2D eigenvalue weighted by Crippen LogP contribution is 2.18. The summed E-state index contributed by atoms with van der Waals surface area (Å²) in [5.74, 6) is -0.0253. The maximum atomic E-state index is 13.7. The van der Waals surface area contributed by atoms with Gasteiger partial charge in [-0.05, 0) is 36.4 Å². The van der Waals surface area contributed by atoms with Crippen molar-refractivity contribution < 1.29 is 9.13 Å². The van der Waals surface area contributed by atoms with Gasteiger partial charge in [-0.3, -0.25) is 4.98 Å². The van der Waals surface area contributed by atoms with Crippen LogP contribution in [0.25, 0.3) is 0 Å². The second-order valence-corrected chi connectivity index (χ2v) is 4.25. The molecule has 0 radical (unpaired) electrons. The van der Waals surface area contributed by atoms with Gasteiger partial charge in [-0.25, -0.2) is 4.39 Å². The van der Waals surface area contributed by atoms with Gasteiger partial charge in [-0.15, -0.1) is 0 Å². The normalized spacial score (nSPS) is 10.4. The Balaban J connectivity index is 1.89. The van der Waals surface area contributed by atoms with Crippen molar-refractivity contribution in [1.82, 2.24) is 10.3 Å². The van der Waals surface area contributed by atoms with E-state index in [1.807, 2.05) is 25.2 Å². The van der Waals surface area contributed by atoms with Crippen LogP contribution in [0.5, 0.6) is 5.75 Å². The summed E-state index contributed by atoms with van der Waals surface area (Å²) in [5.41, 5.74) is 1.98. The minimum atomic E-state index is -0.320. The van der Waals surface area contributed by atoms with Crippen LogP contribution in [0.15, 0.2) is 42.7 Å². The molecule has 4 heteroatoms. The SMILES string of the molecule is CNCc1ccc(OCCc2cccnc2)c(F)c1. The van der Waals surface area contributed by atoms with Gasteiger partial charge in [-0.1, -0.05) is 12.1 Å². The Morgan fingerprint density at radius 1 is 1.26 bits per heavy atom. The number of pyridine rings is 1. The molecule has 0 aliphatic carbocycles. The molecule has 0 aliphatic heterocycles. The van der Waals surface area contributed by atoms with E-state index in [1.54, 1.807) is 18.5 Å². The fraction of sp³-hybridized carbons (Fsp3) is 0.267. The zero-order valence-electron chi connectivity index (χ0n) is 10.9. The van der Waals surface area contributed by atoms with Crippen molar-refractivity contribution in [3.05, 3.63) is 59.7 Å². The molecule has 0 spiro atoms. The number of aromatic nitrogens is 1. The van der Waals surface area contributed by atoms with Crippen LogP contribution >= 0.6 is 0 Å². The van der Waals surface area contributed by atoms with Crippen molar-refractivity contribution in [2.75, 3.05) is 13.7 Å². The van der Waals surface area contributed by atoms with Crippen molar-refractivity contribution in [2.45, 2.75) is 13.0 Å². The van der Waals surface area contributed by atoms with Gasteiger partial charge < -0.3 is 10.1 Å². The summed E-state index contributed by atoms with van der Waals surface area (Å²) in [6, 6.07) is 8.88. The summed E-state index contributed by atoms with van der Waals surface area (Å²) >= 11 is 0. The first-order chi connectivity index (χ1) is 9.29. The molecule has 100 valence electrons. The van der Waals surface area contributed by atoms with Crippen LogP contribution in [-0.4, -0.2) is 18.6 Å². The zero-order valence-corrected chi connectivity index (χ0v) is 10.9. The average molecular weight is 260 g/mol. The van der Waals surface area contributed by atoms with E-state index in [0.717, 1.165) is 11.1 Å². The first-order valence-corrected chi connectivity index (χ1v) is 6.24. The van der Waals surface area contributed by atoms with Crippen molar-refractivity contribution in [3.63, 3.8) is 0 Å². The van der Waals surface area contributed by atoms with Crippen LogP contribution < -0.4 is 10.1 Å². The Labute approximate surface area is 112 Å². The second kappa shape index (κ2) is 6.85. The topological polar surface area (TPSA) is 34.1 Å². The Bertz CT molecular complexity index is 517. The average Bonchev–Trinajstić information content (AvgIpc) is 2.43. The van der Waals surface area contributed by atoms with Gasteiger partial charge in [0.15, 0.2) is 11.6 Å². The maximum Gasteiger partial charge on any atom is 0.165 e. The molecule has 1 N–H and O–H groups in total. The molecular formula is C15H17FN2O. The first kappa shape index (κ1) is 13.5. The molecule has 0 saturated heterocycles. The van der Waals surface area contributed by atoms with E-state index in [2.05, 4.69) is 10.3 Å². The van der Waals surface area contributed by atoms with E-state index in [4.69, 9.17) is 4.74 Å². The van der Waals surface area contributed by atoms with Crippen LogP contribution in [-0.2, 0) is 13.0 Å². The summed E-state index contributed by atoms with van der Waals surface area (Å²) in [4.78, 5) is 4.02. The molecule has 0 bridgehead atoms. The third-order valence-corrected chi connectivity index (χ3v) is 2.75. The molecule has 19 heavy (non-hydrogen) atoms. The first-order valence-electron chi connectivity index (χ1n) is 6.24. The monoisotopic (exact) mass is 260 g/mol. The van der Waals surface area contributed by atoms with Gasteiger partial charge >= 0.3 is 0 Å². The molecule has 3 nitrogen and oxygen atoms in total. The quantitative estimate of drug-likeness (QED) is 0.866. The number of benzene rings is 1. The van der Waals surface area contributed by atoms with Gasteiger partial charge in [-0.2, -0.15) is 0 Å². The number of rotatable bonds is 6. The van der Waals surface area contributed by atoms with Crippen LogP contribution in [0.1, 0.15) is 11.1 Å². The molecule has 0 unspecified atom stereocenters. The summed E-state index contributed by atoms with van der Waals surface area (Å²) in [6.45, 7) is 1.08. The number of halogens is 1. The van der Waals surface area contributed by atoms with Crippen molar-refractivity contribution in [2.24, 2.45) is 0 Å². The third-order valence-electron chi connectivity index (χ3n) is 2.75. The molecule has 0 fully saturated rings. The van der Waals surface area contributed by atoms with Crippen molar-refractivity contribution in [1.29, 1.82) is 0 Å². The molecule has 2 rings (SSSR count). The van der Waals surface area contributed by atoms with Crippen LogP contribution in [0.3, 0.4) is 0 Å². The lowest BCUT2D eigenvalue weighted by Crippen LogP contribution is -2.06. The molecule has 2 aromatic rings. The van der Waals surface area contributed by atoms with E-state index >= 15 is 0 Å². The predicted octanol–water partition coefficient (Wildman–Crippen LogP) is 2.56. The van der Waals surface area contributed by atoms with E-state index in [9.17, 15) is 4.39 Å². The Kier molecular flexibility index (Phi) is 4.86. The Morgan fingerprint density at radius 3 is 2.84 bits per heavy atom. The van der Waals surface area contributed by atoms with Crippen molar-refractivity contribution >= 4 is 0 Å². The zero-order chi connectivity index (χ0) is 13.5. The fourth-order valence-electron chi connectivity index (χ4n) is 1.80. The lowest BCUT2D eigenvalue weighted by Gasteiger charge is -2.08. The van der Waals surface area contributed by atoms with E-state index in [-0.39, 0.29) is 5.82 Å². The molecule has 0 aliphatic rings. The molecular weight excluding hydrogens is 243 g/mol. The molecule has 1 heterocycles. The molecule has 1 aromatic carbocycles. The Hall–Kier alpha value is -1.94. The maximum absolute atomic E-state index is 13.7. The summed E-state index contributed by atoms with van der Waals surface area (Å²) < 4.78 is 19.2. The highest BCUT2D eigenvalue weighted by Gasteiger charge is 2.04. The number of hydrogen-bond acceptors (Lipinski definition) is 3. The minimum Gasteiger partial charge on any atom is -0.490 e. The highest BCUT2D eigenvalue weighted by molar-refractivity contribution is 5.29. The molecule has 0 amide bonds. The lowest BCUT2D eigenvalue weighted by molar-refractivity contribution is 0.305. The van der Waals surface area contributed by atoms with E-state index in [0.29, 0.717) is 25.3 Å². The molecule has 0 saturated carbocycles. The number of nitrogens with zero attached hydrogens (tertiary/aromatic N) is 1. The third kappa shape index (κ3) is 4.03. The van der Waals surface area contributed by atoms with Crippen LogP contribution in [0.2, 0.25) is 0 Å². The van der Waals surface area contributed by atoms with Gasteiger partial charge in [0.05, 0.1) is 6.61 Å². The van der Waals surface area contributed by atoms with Crippen molar-refractivity contribution in [3.8, 4) is 5.75 Å². The second-order valence-electron chi connectivity index (χ2n) is 4.25. The van der Waals surface area contributed by atoms with Crippen LogP contribution in [0.4, 0.5) is 4.39 Å². The smallest absolute Gasteiger partial charge is 0.165 e. The number of nitrogens with one attached hydrogen (secondary N) is 1. The predicted molar refractivity (Wildman–Crippen MR) is 72.6 cm³/mol. The summed E-state index contributed by atoms with van der Waals surface area (Å²) in [6.07, 6.45) is 4.23. The van der Waals surface area contributed by atoms with Gasteiger partial charge in [0.2, 0.25) is 0 Å². The largest absolute Gasteiger partial charge is 0.490 e. The highest BCUT2D eigenvalue weighted by atomic mass is 19.1. The van der Waals surface area contributed by atoms with Gasteiger partial charge in [0.25, 0.3) is 0 Å². The Morgan fingerprint density at radius 2 is 2.16 bits per heavy atom. The number of ether oxygens (including phenoxy) is 1. The number of hydrogen-bond donors (Lipinski definition) is 1. The van der Waals surface area contributed by atoms with Crippen LogP contribution in [0, 0.1) is 5.82 Å². The van der Waals surface area contributed by atoms with E-state index < -0.39 is 0 Å². The lowest BCUT2D eigenvalue weighted by atomic mass is 10.2. The molecule has 0 atom stereocenters. The van der Waals surface area contributed by atoms with Gasteiger partial charge in [0, 0.05) is 25.4 Å². The van der Waals surface area contributed by atoms with E-state index in [1.165, 1.54) is 6.07 Å². The fourth-order valence-corrected chi connectivity index (χ4v) is 1.80. The van der Waals surface area contributed by atoms with Gasteiger partial charge in [0.1, 0.15) is 0 Å².